The SMILES string of the molecule is CC(=O)CCCCCCCCCC[C@H]1CC[C@H](O)[C@@H](C)N1. The van der Waals surface area contributed by atoms with Gasteiger partial charge >= 0.3 is 0 Å². The molecule has 1 rings (SSSR count). The number of piperidine rings is 1. The Labute approximate surface area is 130 Å². The van der Waals surface area contributed by atoms with Crippen LogP contribution in [0.1, 0.15) is 90.9 Å². The molecule has 1 aliphatic heterocycles. The summed E-state index contributed by atoms with van der Waals surface area (Å²) >= 11 is 0. The Bertz CT molecular complexity index is 280. The van der Waals surface area contributed by atoms with Crippen molar-refractivity contribution in [2.24, 2.45) is 0 Å². The monoisotopic (exact) mass is 297 g/mol. The topological polar surface area (TPSA) is 49.3 Å². The standard InChI is InChI=1S/C18H35NO2/c1-15(20)11-9-7-5-3-4-6-8-10-12-17-13-14-18(21)16(2)19-17/h16-19,21H,3-14H2,1-2H3/t16-,17+,18+/m1/s1. The van der Waals surface area contributed by atoms with Gasteiger partial charge in [0.1, 0.15) is 5.78 Å². The number of Topliss-reactive ketones (excluding diaryl/α,β-unsaturated/α-hetero) is 1. The number of rotatable bonds is 11. The molecule has 0 amide bonds. The van der Waals surface area contributed by atoms with Crippen LogP contribution in [0.5, 0.6) is 0 Å². The van der Waals surface area contributed by atoms with E-state index in [0.29, 0.717) is 11.8 Å². The highest BCUT2D eigenvalue weighted by Gasteiger charge is 2.24. The quantitative estimate of drug-likeness (QED) is 0.567. The maximum atomic E-state index is 10.8. The van der Waals surface area contributed by atoms with E-state index in [0.717, 1.165) is 25.7 Å². The Balaban J connectivity index is 1.83. The highest BCUT2D eigenvalue weighted by Crippen LogP contribution is 2.18. The zero-order valence-corrected chi connectivity index (χ0v) is 14.1. The highest BCUT2D eigenvalue weighted by atomic mass is 16.3. The largest absolute Gasteiger partial charge is 0.392 e. The van der Waals surface area contributed by atoms with E-state index < -0.39 is 0 Å². The lowest BCUT2D eigenvalue weighted by molar-refractivity contribution is -0.117. The van der Waals surface area contributed by atoms with Gasteiger partial charge in [-0.05, 0) is 39.5 Å². The van der Waals surface area contributed by atoms with Gasteiger partial charge in [0.05, 0.1) is 6.10 Å². The molecule has 1 fully saturated rings. The molecule has 1 heterocycles. The molecule has 0 spiro atoms. The summed E-state index contributed by atoms with van der Waals surface area (Å²) in [6.07, 6.45) is 14.2. The predicted molar refractivity (Wildman–Crippen MR) is 88.5 cm³/mol. The minimum atomic E-state index is -0.149. The third-order valence-corrected chi connectivity index (χ3v) is 4.72. The van der Waals surface area contributed by atoms with Crippen LogP contribution >= 0.6 is 0 Å². The minimum Gasteiger partial charge on any atom is -0.392 e. The smallest absolute Gasteiger partial charge is 0.129 e. The van der Waals surface area contributed by atoms with Crippen LogP contribution in [0.25, 0.3) is 0 Å². The number of hydrogen-bond donors (Lipinski definition) is 2. The molecule has 1 saturated heterocycles. The minimum absolute atomic E-state index is 0.149. The van der Waals surface area contributed by atoms with E-state index in [9.17, 15) is 9.90 Å². The Morgan fingerprint density at radius 2 is 1.57 bits per heavy atom. The van der Waals surface area contributed by atoms with Crippen molar-refractivity contribution in [3.8, 4) is 0 Å². The summed E-state index contributed by atoms with van der Waals surface area (Å²) in [5.74, 6) is 0.327. The van der Waals surface area contributed by atoms with Gasteiger partial charge in [-0.3, -0.25) is 0 Å². The van der Waals surface area contributed by atoms with Gasteiger partial charge < -0.3 is 15.2 Å². The molecule has 0 aliphatic carbocycles. The van der Waals surface area contributed by atoms with Gasteiger partial charge in [0.15, 0.2) is 0 Å². The van der Waals surface area contributed by atoms with E-state index in [1.165, 1.54) is 51.4 Å². The molecule has 2 N–H and O–H groups in total. The van der Waals surface area contributed by atoms with Gasteiger partial charge in [0, 0.05) is 18.5 Å². The molecule has 3 heteroatoms. The van der Waals surface area contributed by atoms with E-state index in [4.69, 9.17) is 0 Å². The number of hydrogen-bond acceptors (Lipinski definition) is 3. The fourth-order valence-corrected chi connectivity index (χ4v) is 3.24. The first-order valence-corrected chi connectivity index (χ1v) is 9.03. The van der Waals surface area contributed by atoms with Crippen LogP contribution in [0.3, 0.4) is 0 Å². The molecule has 0 saturated carbocycles. The number of nitrogens with one attached hydrogen (secondary N) is 1. The van der Waals surface area contributed by atoms with Gasteiger partial charge in [-0.2, -0.15) is 0 Å². The molecule has 0 aromatic carbocycles. The van der Waals surface area contributed by atoms with Crippen LogP contribution in [0, 0.1) is 0 Å². The van der Waals surface area contributed by atoms with Gasteiger partial charge in [-0.15, -0.1) is 0 Å². The summed E-state index contributed by atoms with van der Waals surface area (Å²) in [4.78, 5) is 10.8. The molecule has 0 aromatic rings. The fourth-order valence-electron chi connectivity index (χ4n) is 3.24. The van der Waals surface area contributed by atoms with Crippen molar-refractivity contribution in [2.45, 2.75) is 109 Å². The van der Waals surface area contributed by atoms with Gasteiger partial charge in [-0.25, -0.2) is 0 Å². The zero-order valence-electron chi connectivity index (χ0n) is 14.1. The van der Waals surface area contributed by atoms with Gasteiger partial charge in [0.2, 0.25) is 0 Å². The van der Waals surface area contributed by atoms with Crippen molar-refractivity contribution in [1.82, 2.24) is 5.32 Å². The van der Waals surface area contributed by atoms with E-state index in [1.807, 2.05) is 0 Å². The van der Waals surface area contributed by atoms with Crippen molar-refractivity contribution in [3.05, 3.63) is 0 Å². The fraction of sp³-hybridized carbons (Fsp3) is 0.944. The Morgan fingerprint density at radius 1 is 1.00 bits per heavy atom. The second kappa shape index (κ2) is 11.2. The molecule has 0 bridgehead atoms. The molecule has 3 atom stereocenters. The van der Waals surface area contributed by atoms with Crippen molar-refractivity contribution in [3.63, 3.8) is 0 Å². The first-order chi connectivity index (χ1) is 10.1. The number of carbonyl (C=O) groups excluding carboxylic acids is 1. The molecule has 21 heavy (non-hydrogen) atoms. The number of aliphatic hydroxyl groups is 1. The average Bonchev–Trinajstić information content (AvgIpc) is 2.44. The summed E-state index contributed by atoms with van der Waals surface area (Å²) in [5, 5.41) is 13.2. The first kappa shape index (κ1) is 18.6. The summed E-state index contributed by atoms with van der Waals surface area (Å²) in [7, 11) is 0. The maximum Gasteiger partial charge on any atom is 0.129 e. The molecule has 0 unspecified atom stereocenters. The molecule has 3 nitrogen and oxygen atoms in total. The molecule has 1 aliphatic rings. The number of ketones is 1. The molecule has 124 valence electrons. The van der Waals surface area contributed by atoms with Gasteiger partial charge in [0.25, 0.3) is 0 Å². The summed E-state index contributed by atoms with van der Waals surface area (Å²) in [5.41, 5.74) is 0. The second-order valence-corrected chi connectivity index (χ2v) is 6.87. The second-order valence-electron chi connectivity index (χ2n) is 6.87. The summed E-state index contributed by atoms with van der Waals surface area (Å²) in [6.45, 7) is 3.77. The molecular formula is C18H35NO2. The summed E-state index contributed by atoms with van der Waals surface area (Å²) in [6, 6.07) is 0.883. The van der Waals surface area contributed by atoms with Crippen LogP contribution < -0.4 is 5.32 Å². The lowest BCUT2D eigenvalue weighted by Crippen LogP contribution is -2.48. The van der Waals surface area contributed by atoms with E-state index in [-0.39, 0.29) is 12.1 Å². The third-order valence-electron chi connectivity index (χ3n) is 4.72. The Kier molecular flexibility index (Phi) is 9.94. The van der Waals surface area contributed by atoms with Crippen LogP contribution in [0.2, 0.25) is 0 Å². The van der Waals surface area contributed by atoms with Crippen LogP contribution in [0.4, 0.5) is 0 Å². The number of aliphatic hydroxyl groups excluding tert-OH is 1. The average molecular weight is 297 g/mol. The van der Waals surface area contributed by atoms with Crippen molar-refractivity contribution < 1.29 is 9.90 Å². The lowest BCUT2D eigenvalue weighted by Gasteiger charge is -2.32. The third kappa shape index (κ3) is 9.26. The van der Waals surface area contributed by atoms with Crippen molar-refractivity contribution in [1.29, 1.82) is 0 Å². The first-order valence-electron chi connectivity index (χ1n) is 9.03. The van der Waals surface area contributed by atoms with Crippen LogP contribution in [-0.2, 0) is 4.79 Å². The molecule has 0 aromatic heterocycles. The van der Waals surface area contributed by atoms with Crippen LogP contribution in [-0.4, -0.2) is 29.1 Å². The highest BCUT2D eigenvalue weighted by molar-refractivity contribution is 5.75. The van der Waals surface area contributed by atoms with Gasteiger partial charge in [-0.1, -0.05) is 44.9 Å². The van der Waals surface area contributed by atoms with Crippen molar-refractivity contribution >= 4 is 5.78 Å². The van der Waals surface area contributed by atoms with Crippen molar-refractivity contribution in [2.75, 3.05) is 0 Å². The normalized spacial score (nSPS) is 26.0. The van der Waals surface area contributed by atoms with Crippen LogP contribution in [0.15, 0.2) is 0 Å². The van der Waals surface area contributed by atoms with E-state index >= 15 is 0 Å². The lowest BCUT2D eigenvalue weighted by atomic mass is 9.93. The maximum absolute atomic E-state index is 10.8. The zero-order chi connectivity index (χ0) is 15.5. The Hall–Kier alpha value is -0.410. The number of unbranched alkanes of at least 4 members (excludes halogenated alkanes) is 7. The van der Waals surface area contributed by atoms with E-state index in [2.05, 4.69) is 12.2 Å². The Morgan fingerprint density at radius 3 is 2.14 bits per heavy atom. The molecular weight excluding hydrogens is 262 g/mol. The number of carbonyl (C=O) groups is 1. The summed E-state index contributed by atoms with van der Waals surface area (Å²) < 4.78 is 0. The van der Waals surface area contributed by atoms with E-state index in [1.54, 1.807) is 6.92 Å². The molecule has 0 radical (unpaired) electrons. The predicted octanol–water partition coefficient (Wildman–Crippen LogP) is 3.98.